The first-order valence-corrected chi connectivity index (χ1v) is 8.73. The largest absolute Gasteiger partial charge is 0.494 e. The van der Waals surface area contributed by atoms with Crippen LogP contribution in [0.5, 0.6) is 5.75 Å². The summed E-state index contributed by atoms with van der Waals surface area (Å²) in [5.41, 5.74) is 0.856. The Bertz CT molecular complexity index is 629. The molecular weight excluding hydrogens is 309 g/mol. The van der Waals surface area contributed by atoms with Gasteiger partial charge in [0.25, 0.3) is 0 Å². The highest BCUT2D eigenvalue weighted by Crippen LogP contribution is 2.29. The van der Waals surface area contributed by atoms with Crippen LogP contribution in [0.4, 0.5) is 3.89 Å². The Morgan fingerprint density at radius 2 is 2.00 bits per heavy atom. The fraction of sp³-hybridized carbons (Fsp3) is 0.533. The van der Waals surface area contributed by atoms with Crippen molar-refractivity contribution in [1.29, 1.82) is 0 Å². The first kappa shape index (κ1) is 16.7. The summed E-state index contributed by atoms with van der Waals surface area (Å²) in [4.78, 5) is 13.3. The number of benzene rings is 1. The zero-order valence-corrected chi connectivity index (χ0v) is 13.5. The minimum Gasteiger partial charge on any atom is -0.494 e. The van der Waals surface area contributed by atoms with Crippen molar-refractivity contribution in [2.75, 3.05) is 13.2 Å². The average Bonchev–Trinajstić information content (AvgIpc) is 2.87. The van der Waals surface area contributed by atoms with Gasteiger partial charge in [-0.1, -0.05) is 19.1 Å². The molecule has 0 radical (unpaired) electrons. The van der Waals surface area contributed by atoms with E-state index in [9.17, 15) is 17.1 Å². The van der Waals surface area contributed by atoms with Gasteiger partial charge in [-0.2, -0.15) is 8.42 Å². The molecule has 1 saturated heterocycles. The van der Waals surface area contributed by atoms with Crippen LogP contribution in [0.3, 0.4) is 0 Å². The molecule has 2 atom stereocenters. The lowest BCUT2D eigenvalue weighted by atomic mass is 10.1. The van der Waals surface area contributed by atoms with E-state index in [2.05, 4.69) is 0 Å². The lowest BCUT2D eigenvalue weighted by Gasteiger charge is -2.25. The van der Waals surface area contributed by atoms with Crippen LogP contribution in [-0.2, 0) is 15.0 Å². The Kier molecular flexibility index (Phi) is 5.05. The van der Waals surface area contributed by atoms with Gasteiger partial charge < -0.3 is 9.64 Å². The second-order valence-corrected chi connectivity index (χ2v) is 7.06. The van der Waals surface area contributed by atoms with Crippen LogP contribution < -0.4 is 4.74 Å². The minimum absolute atomic E-state index is 0.104. The number of nitrogens with zero attached hydrogens (tertiary/aromatic N) is 1. The van der Waals surface area contributed by atoms with E-state index < -0.39 is 15.5 Å². The molecule has 1 amide bonds. The molecule has 22 heavy (non-hydrogen) atoms. The molecule has 1 aromatic carbocycles. The quantitative estimate of drug-likeness (QED) is 0.752. The molecule has 2 rings (SSSR count). The maximum absolute atomic E-state index is 13.1. The van der Waals surface area contributed by atoms with Crippen LogP contribution in [-0.4, -0.2) is 37.6 Å². The van der Waals surface area contributed by atoms with Crippen molar-refractivity contribution in [2.24, 2.45) is 0 Å². The third kappa shape index (κ3) is 3.76. The van der Waals surface area contributed by atoms with Crippen molar-refractivity contribution in [3.05, 3.63) is 29.8 Å². The van der Waals surface area contributed by atoms with Gasteiger partial charge in [-0.3, -0.25) is 4.79 Å². The van der Waals surface area contributed by atoms with Crippen LogP contribution in [0, 0.1) is 0 Å². The third-order valence-electron chi connectivity index (χ3n) is 3.82. The molecular formula is C15H20FNO4S. The highest BCUT2D eigenvalue weighted by atomic mass is 32.3. The number of likely N-dealkylation sites (tertiary alicyclic amines) is 1. The van der Waals surface area contributed by atoms with Crippen LogP contribution in [0.15, 0.2) is 24.3 Å². The Balaban J connectivity index is 2.08. The van der Waals surface area contributed by atoms with Gasteiger partial charge in [-0.25, -0.2) is 0 Å². The second kappa shape index (κ2) is 6.64. The number of hydrogen-bond donors (Lipinski definition) is 0. The Morgan fingerprint density at radius 1 is 1.36 bits per heavy atom. The summed E-state index contributed by atoms with van der Waals surface area (Å²) in [6, 6.07) is 6.98. The number of rotatable bonds is 6. The highest BCUT2D eigenvalue weighted by Gasteiger charge is 2.40. The van der Waals surface area contributed by atoms with Gasteiger partial charge in [0.05, 0.1) is 12.6 Å². The molecule has 122 valence electrons. The maximum Gasteiger partial charge on any atom is 0.307 e. The second-order valence-electron chi connectivity index (χ2n) is 5.44. The smallest absolute Gasteiger partial charge is 0.307 e. The molecule has 0 bridgehead atoms. The van der Waals surface area contributed by atoms with Crippen molar-refractivity contribution in [3.63, 3.8) is 0 Å². The number of ether oxygens (including phenoxy) is 1. The van der Waals surface area contributed by atoms with E-state index in [0.717, 1.165) is 17.7 Å². The SMILES string of the molecule is CCCOc1ccc(C(C)N2CC(S(=O)(=O)F)CC2=O)cc1. The van der Waals surface area contributed by atoms with Gasteiger partial charge >= 0.3 is 10.2 Å². The normalized spacial score (nSPS) is 20.2. The molecule has 0 aromatic heterocycles. The molecule has 0 aliphatic carbocycles. The van der Waals surface area contributed by atoms with E-state index in [4.69, 9.17) is 4.74 Å². The van der Waals surface area contributed by atoms with Gasteiger partial charge in [0, 0.05) is 13.0 Å². The third-order valence-corrected chi connectivity index (χ3v) is 4.94. The number of carbonyl (C=O) groups excluding carboxylic acids is 1. The summed E-state index contributed by atoms with van der Waals surface area (Å²) in [5, 5.41) is -1.25. The van der Waals surface area contributed by atoms with E-state index in [-0.39, 0.29) is 24.9 Å². The molecule has 7 heteroatoms. The maximum atomic E-state index is 13.1. The Hall–Kier alpha value is -1.63. The first-order valence-electron chi connectivity index (χ1n) is 7.28. The van der Waals surface area contributed by atoms with Crippen LogP contribution in [0.25, 0.3) is 0 Å². The van der Waals surface area contributed by atoms with Gasteiger partial charge in [-0.15, -0.1) is 3.89 Å². The lowest BCUT2D eigenvalue weighted by molar-refractivity contribution is -0.129. The van der Waals surface area contributed by atoms with Crippen molar-refractivity contribution in [3.8, 4) is 5.75 Å². The topological polar surface area (TPSA) is 63.7 Å². The molecule has 5 nitrogen and oxygen atoms in total. The van der Waals surface area contributed by atoms with E-state index in [0.29, 0.717) is 6.61 Å². The van der Waals surface area contributed by atoms with Crippen molar-refractivity contribution in [1.82, 2.24) is 4.90 Å². The number of carbonyl (C=O) groups is 1. The minimum atomic E-state index is -4.68. The van der Waals surface area contributed by atoms with Crippen molar-refractivity contribution >= 4 is 16.1 Å². The summed E-state index contributed by atoms with van der Waals surface area (Å²) in [6.45, 7) is 4.35. The summed E-state index contributed by atoms with van der Waals surface area (Å²) in [6.07, 6.45) is 0.625. The van der Waals surface area contributed by atoms with Crippen molar-refractivity contribution in [2.45, 2.75) is 38.0 Å². The summed E-state index contributed by atoms with van der Waals surface area (Å²) in [7, 11) is -4.68. The molecule has 0 saturated carbocycles. The predicted octanol–water partition coefficient (Wildman–Crippen LogP) is 2.44. The van der Waals surface area contributed by atoms with Gasteiger partial charge in [-0.05, 0) is 31.0 Å². The molecule has 1 aliphatic rings. The molecule has 0 N–H and O–H groups in total. The number of amides is 1. The lowest BCUT2D eigenvalue weighted by Crippen LogP contribution is -2.30. The van der Waals surface area contributed by atoms with E-state index in [1.165, 1.54) is 4.90 Å². The average molecular weight is 329 g/mol. The predicted molar refractivity (Wildman–Crippen MR) is 80.8 cm³/mol. The number of hydrogen-bond acceptors (Lipinski definition) is 4. The molecule has 0 spiro atoms. The summed E-state index contributed by atoms with van der Waals surface area (Å²) < 4.78 is 40.5. The fourth-order valence-corrected chi connectivity index (χ4v) is 3.18. The van der Waals surface area contributed by atoms with E-state index in [1.54, 1.807) is 6.92 Å². The first-order chi connectivity index (χ1) is 10.3. The summed E-state index contributed by atoms with van der Waals surface area (Å²) >= 11 is 0. The summed E-state index contributed by atoms with van der Waals surface area (Å²) in [5.74, 6) is 0.403. The highest BCUT2D eigenvalue weighted by molar-refractivity contribution is 7.87. The van der Waals surface area contributed by atoms with Crippen LogP contribution in [0.1, 0.15) is 38.3 Å². The van der Waals surface area contributed by atoms with E-state index >= 15 is 0 Å². The zero-order chi connectivity index (χ0) is 16.3. The standard InChI is InChI=1S/C15H20FNO4S/c1-3-8-21-13-6-4-12(5-7-13)11(2)17-10-14(9-15(17)18)22(16,19)20/h4-7,11,14H,3,8-10H2,1-2H3. The fourth-order valence-electron chi connectivity index (χ4n) is 2.50. The molecule has 2 unspecified atom stereocenters. The Morgan fingerprint density at radius 3 is 2.50 bits per heavy atom. The van der Waals surface area contributed by atoms with Gasteiger partial charge in [0.15, 0.2) is 0 Å². The van der Waals surface area contributed by atoms with Crippen molar-refractivity contribution < 1.29 is 21.8 Å². The van der Waals surface area contributed by atoms with E-state index in [1.807, 2.05) is 31.2 Å². The number of halogens is 1. The van der Waals surface area contributed by atoms with Crippen LogP contribution in [0.2, 0.25) is 0 Å². The van der Waals surface area contributed by atoms with Gasteiger partial charge in [0.1, 0.15) is 11.0 Å². The molecule has 1 heterocycles. The Labute approximate surface area is 130 Å². The molecule has 1 fully saturated rings. The monoisotopic (exact) mass is 329 g/mol. The van der Waals surface area contributed by atoms with Gasteiger partial charge in [0.2, 0.25) is 5.91 Å². The molecule has 1 aromatic rings. The molecule has 1 aliphatic heterocycles. The van der Waals surface area contributed by atoms with Crippen LogP contribution >= 0.6 is 0 Å². The zero-order valence-electron chi connectivity index (χ0n) is 12.7.